The first kappa shape index (κ1) is 71.4. The number of hydrogen-bond acceptors (Lipinski definition) is 6. The van der Waals surface area contributed by atoms with E-state index < -0.39 is 6.10 Å². The molecule has 0 saturated heterocycles. The number of rotatable bonds is 60. The Kier molecular flexibility index (Phi) is 60.7. The topological polar surface area (TPSA) is 78.9 Å². The van der Waals surface area contributed by atoms with Gasteiger partial charge in [0.1, 0.15) is 13.2 Å². The number of allylic oxidation sites excluding steroid dienone is 8. The van der Waals surface area contributed by atoms with E-state index in [2.05, 4.69) is 69.4 Å². The summed E-state index contributed by atoms with van der Waals surface area (Å²) in [6.45, 7) is 6.64. The van der Waals surface area contributed by atoms with Crippen molar-refractivity contribution in [3.8, 4) is 0 Å². The van der Waals surface area contributed by atoms with Gasteiger partial charge in [-0.05, 0) is 83.5 Å². The molecule has 0 rings (SSSR count). The third-order valence-corrected chi connectivity index (χ3v) is 14.6. The van der Waals surface area contributed by atoms with Crippen LogP contribution in [0.3, 0.4) is 0 Å². The number of hydrogen-bond donors (Lipinski definition) is 0. The van der Waals surface area contributed by atoms with Crippen molar-refractivity contribution in [2.24, 2.45) is 0 Å². The molecule has 0 aromatic carbocycles. The van der Waals surface area contributed by atoms with Crippen molar-refractivity contribution in [3.63, 3.8) is 0 Å². The molecule has 1 atom stereocenters. The molecule has 0 fully saturated rings. The van der Waals surface area contributed by atoms with Gasteiger partial charge in [0.25, 0.3) is 0 Å². The fraction of sp³-hybridized carbons (Fsp3) is 0.838. The Balaban J connectivity index is 4.23. The summed E-state index contributed by atoms with van der Waals surface area (Å²) in [7, 11) is 0. The normalized spacial score (nSPS) is 12.3. The van der Waals surface area contributed by atoms with Gasteiger partial charge in [-0.25, -0.2) is 0 Å². The molecule has 1 unspecified atom stereocenters. The van der Waals surface area contributed by atoms with E-state index in [1.54, 1.807) is 0 Å². The van der Waals surface area contributed by atoms with Crippen molar-refractivity contribution < 1.29 is 28.6 Å². The first-order chi connectivity index (χ1) is 36.5. The Hall–Kier alpha value is -2.63. The smallest absolute Gasteiger partial charge is 0.306 e. The minimum atomic E-state index is -0.778. The highest BCUT2D eigenvalue weighted by Gasteiger charge is 2.19. The highest BCUT2D eigenvalue weighted by atomic mass is 16.6. The summed E-state index contributed by atoms with van der Waals surface area (Å²) in [5, 5.41) is 0. The van der Waals surface area contributed by atoms with Gasteiger partial charge in [0.05, 0.1) is 0 Å². The van der Waals surface area contributed by atoms with Crippen LogP contribution in [0.25, 0.3) is 0 Å². The monoisotopic (exact) mass is 1040 g/mol. The van der Waals surface area contributed by atoms with Crippen LogP contribution in [-0.2, 0) is 28.6 Å². The van der Waals surface area contributed by atoms with Crippen molar-refractivity contribution in [2.45, 2.75) is 354 Å². The predicted octanol–water partition coefficient (Wildman–Crippen LogP) is 22.2. The van der Waals surface area contributed by atoms with E-state index in [-0.39, 0.29) is 31.1 Å². The summed E-state index contributed by atoms with van der Waals surface area (Å²) < 4.78 is 16.9. The van der Waals surface area contributed by atoms with Crippen LogP contribution in [0.5, 0.6) is 0 Å². The predicted molar refractivity (Wildman–Crippen MR) is 321 cm³/mol. The molecule has 6 heteroatoms. The third kappa shape index (κ3) is 60.2. The number of carbonyl (C=O) groups is 3. The molecule has 0 aliphatic carbocycles. The standard InChI is InChI=1S/C68H124O6/c1-4-7-10-13-16-19-22-25-28-29-30-31-32-33-34-35-36-37-38-39-41-43-46-49-52-55-58-61-67(70)73-64-65(63-72-66(69)60-57-54-51-48-45-42-27-24-21-18-15-12-9-6-3)74-68(71)62-59-56-53-50-47-44-40-26-23-20-17-14-11-8-5-2/h17,20,22,25-26,29-30,40,65H,4-16,18-19,21,23-24,27-28,31-39,41-64H2,1-3H3/b20-17-,25-22-,30-29-,40-26-. The van der Waals surface area contributed by atoms with Crippen LogP contribution >= 0.6 is 0 Å². The third-order valence-electron chi connectivity index (χ3n) is 14.6. The maximum absolute atomic E-state index is 12.9. The minimum absolute atomic E-state index is 0.0745. The lowest BCUT2D eigenvalue weighted by Crippen LogP contribution is -2.30. The van der Waals surface area contributed by atoms with E-state index in [4.69, 9.17) is 14.2 Å². The van der Waals surface area contributed by atoms with Gasteiger partial charge in [-0.2, -0.15) is 0 Å². The second-order valence-electron chi connectivity index (χ2n) is 22.0. The quantitative estimate of drug-likeness (QED) is 0.0261. The van der Waals surface area contributed by atoms with Gasteiger partial charge >= 0.3 is 17.9 Å². The van der Waals surface area contributed by atoms with Crippen LogP contribution in [0.2, 0.25) is 0 Å². The van der Waals surface area contributed by atoms with E-state index >= 15 is 0 Å². The van der Waals surface area contributed by atoms with Gasteiger partial charge in [0.15, 0.2) is 6.10 Å². The van der Waals surface area contributed by atoms with E-state index in [9.17, 15) is 14.4 Å². The SMILES string of the molecule is CCCCC/C=C\C/C=C\CCCCCCCC(=O)OC(COC(=O)CCCCCCCCCCCCCCCC)COC(=O)CCCCCCCCCCCCCCCCC/C=C\C/C=C\CCCCCCC. The molecule has 6 nitrogen and oxygen atoms in total. The average Bonchev–Trinajstić information content (AvgIpc) is 3.40. The molecular weight excluding hydrogens is 913 g/mol. The fourth-order valence-electron chi connectivity index (χ4n) is 9.62. The number of ether oxygens (including phenoxy) is 3. The lowest BCUT2D eigenvalue weighted by molar-refractivity contribution is -0.167. The Bertz CT molecular complexity index is 1280. The number of carbonyl (C=O) groups excluding carboxylic acids is 3. The Morgan fingerprint density at radius 2 is 0.486 bits per heavy atom. The van der Waals surface area contributed by atoms with Crippen LogP contribution < -0.4 is 0 Å². The maximum Gasteiger partial charge on any atom is 0.306 e. The Morgan fingerprint density at radius 3 is 0.770 bits per heavy atom. The molecule has 0 saturated carbocycles. The second-order valence-corrected chi connectivity index (χ2v) is 22.0. The summed E-state index contributed by atoms with van der Waals surface area (Å²) in [6, 6.07) is 0. The summed E-state index contributed by atoms with van der Waals surface area (Å²) in [4.78, 5) is 38.3. The first-order valence-electron chi connectivity index (χ1n) is 32.6. The van der Waals surface area contributed by atoms with Gasteiger partial charge in [-0.3, -0.25) is 14.4 Å². The summed E-state index contributed by atoms with van der Waals surface area (Å²) >= 11 is 0. The molecule has 0 radical (unpaired) electrons. The molecule has 0 aromatic heterocycles. The molecule has 0 aromatic rings. The molecule has 0 aliphatic heterocycles. The van der Waals surface area contributed by atoms with Crippen molar-refractivity contribution in [1.29, 1.82) is 0 Å². The van der Waals surface area contributed by atoms with Crippen molar-refractivity contribution >= 4 is 17.9 Å². The maximum atomic E-state index is 12.9. The Labute approximate surface area is 460 Å². The van der Waals surface area contributed by atoms with Crippen LogP contribution in [0.4, 0.5) is 0 Å². The van der Waals surface area contributed by atoms with Gasteiger partial charge in [-0.1, -0.05) is 294 Å². The van der Waals surface area contributed by atoms with Gasteiger partial charge < -0.3 is 14.2 Å². The molecule has 0 spiro atoms. The second kappa shape index (κ2) is 62.9. The molecule has 0 amide bonds. The van der Waals surface area contributed by atoms with E-state index in [1.807, 2.05) is 0 Å². The van der Waals surface area contributed by atoms with E-state index in [0.717, 1.165) is 89.9 Å². The van der Waals surface area contributed by atoms with E-state index in [1.165, 1.54) is 218 Å². The van der Waals surface area contributed by atoms with Gasteiger partial charge in [0, 0.05) is 19.3 Å². The van der Waals surface area contributed by atoms with Crippen LogP contribution in [0, 0.1) is 0 Å². The number of esters is 3. The summed E-state index contributed by atoms with van der Waals surface area (Å²) in [6.07, 6.45) is 78.4. The van der Waals surface area contributed by atoms with Crippen LogP contribution in [0.15, 0.2) is 48.6 Å². The van der Waals surface area contributed by atoms with Crippen LogP contribution in [0.1, 0.15) is 348 Å². The summed E-state index contributed by atoms with van der Waals surface area (Å²) in [5.74, 6) is -0.868. The lowest BCUT2D eigenvalue weighted by Gasteiger charge is -2.18. The van der Waals surface area contributed by atoms with Crippen molar-refractivity contribution in [2.75, 3.05) is 13.2 Å². The average molecular weight is 1040 g/mol. The molecule has 74 heavy (non-hydrogen) atoms. The van der Waals surface area contributed by atoms with Gasteiger partial charge in [-0.15, -0.1) is 0 Å². The van der Waals surface area contributed by atoms with Crippen LogP contribution in [-0.4, -0.2) is 37.2 Å². The molecule has 0 N–H and O–H groups in total. The molecular formula is C68H124O6. The molecule has 0 heterocycles. The largest absolute Gasteiger partial charge is 0.462 e. The molecule has 0 bridgehead atoms. The molecule has 0 aliphatic rings. The van der Waals surface area contributed by atoms with Crippen molar-refractivity contribution in [1.82, 2.24) is 0 Å². The zero-order valence-corrected chi connectivity index (χ0v) is 49.6. The Morgan fingerprint density at radius 1 is 0.270 bits per heavy atom. The zero-order chi connectivity index (χ0) is 53.6. The molecule has 432 valence electrons. The first-order valence-corrected chi connectivity index (χ1v) is 32.6. The van der Waals surface area contributed by atoms with Gasteiger partial charge in [0.2, 0.25) is 0 Å². The zero-order valence-electron chi connectivity index (χ0n) is 49.6. The highest BCUT2D eigenvalue weighted by Crippen LogP contribution is 2.17. The minimum Gasteiger partial charge on any atom is -0.462 e. The van der Waals surface area contributed by atoms with Crippen molar-refractivity contribution in [3.05, 3.63) is 48.6 Å². The lowest BCUT2D eigenvalue weighted by atomic mass is 10.0. The van der Waals surface area contributed by atoms with E-state index in [0.29, 0.717) is 19.3 Å². The fourth-order valence-corrected chi connectivity index (χ4v) is 9.62. The number of unbranched alkanes of at least 4 members (excludes halogenated alkanes) is 41. The highest BCUT2D eigenvalue weighted by molar-refractivity contribution is 5.71. The summed E-state index contributed by atoms with van der Waals surface area (Å²) in [5.41, 5.74) is 0.